The minimum absolute atomic E-state index is 0.295. The molecule has 0 bridgehead atoms. The number of carboxylic acid groups (broad SMARTS) is 1. The summed E-state index contributed by atoms with van der Waals surface area (Å²) in [5.41, 5.74) is 1.10. The maximum atomic E-state index is 10.9. The van der Waals surface area contributed by atoms with E-state index in [0.717, 1.165) is 25.1 Å². The first kappa shape index (κ1) is 13.5. The largest absolute Gasteiger partial charge is 0.478 e. The minimum atomic E-state index is -0.908. The van der Waals surface area contributed by atoms with Gasteiger partial charge in [-0.25, -0.2) is 9.78 Å². The monoisotopic (exact) mass is 236 g/mol. The van der Waals surface area contributed by atoms with Crippen LogP contribution in [0.2, 0.25) is 0 Å². The van der Waals surface area contributed by atoms with Gasteiger partial charge in [-0.1, -0.05) is 20.8 Å². The number of carbonyl (C=O) groups is 1. The summed E-state index contributed by atoms with van der Waals surface area (Å²) >= 11 is 0. The highest BCUT2D eigenvalue weighted by Crippen LogP contribution is 2.12. The molecule has 17 heavy (non-hydrogen) atoms. The van der Waals surface area contributed by atoms with Crippen molar-refractivity contribution in [3.63, 3.8) is 0 Å². The predicted molar refractivity (Wildman–Crippen MR) is 68.5 cm³/mol. The van der Waals surface area contributed by atoms with Crippen molar-refractivity contribution in [2.45, 2.75) is 33.6 Å². The zero-order valence-electron chi connectivity index (χ0n) is 10.7. The molecular formula is C13H20N2O2. The number of hydrogen-bond donors (Lipinski definition) is 2. The van der Waals surface area contributed by atoms with Crippen molar-refractivity contribution < 1.29 is 9.90 Å². The number of anilines is 1. The Kier molecular flexibility index (Phi) is 4.94. The Bertz CT molecular complexity index is 389. The van der Waals surface area contributed by atoms with Crippen LogP contribution in [0.25, 0.3) is 0 Å². The number of aromatic carboxylic acids is 1. The molecule has 0 spiro atoms. The van der Waals surface area contributed by atoms with Gasteiger partial charge in [0.05, 0.1) is 5.56 Å². The number of aryl methyl sites for hydroxylation is 1. The Balaban J connectivity index is 2.76. The van der Waals surface area contributed by atoms with Gasteiger partial charge in [0.25, 0.3) is 0 Å². The van der Waals surface area contributed by atoms with Gasteiger partial charge in [0, 0.05) is 12.2 Å². The lowest BCUT2D eigenvalue weighted by atomic mass is 10.1. The highest BCUT2D eigenvalue weighted by molar-refractivity contribution is 5.88. The first-order valence-corrected chi connectivity index (χ1v) is 6.01. The smallest absolute Gasteiger partial charge is 0.335 e. The SMILES string of the molecule is CCc1cc(C(=O)O)cc(NCCC(C)C)n1. The molecule has 1 aromatic heterocycles. The van der Waals surface area contributed by atoms with Gasteiger partial charge >= 0.3 is 5.97 Å². The maximum Gasteiger partial charge on any atom is 0.335 e. The standard InChI is InChI=1S/C13H20N2O2/c1-4-11-7-10(13(16)17)8-12(15-11)14-6-5-9(2)3/h7-9H,4-6H2,1-3H3,(H,14,15)(H,16,17). The third kappa shape index (κ3) is 4.43. The lowest BCUT2D eigenvalue weighted by Crippen LogP contribution is -2.09. The van der Waals surface area contributed by atoms with Crippen molar-refractivity contribution >= 4 is 11.8 Å². The Morgan fingerprint density at radius 2 is 2.18 bits per heavy atom. The molecule has 2 N–H and O–H groups in total. The van der Waals surface area contributed by atoms with E-state index in [1.165, 1.54) is 0 Å². The molecule has 0 aliphatic carbocycles. The van der Waals surface area contributed by atoms with Crippen molar-refractivity contribution in [2.24, 2.45) is 5.92 Å². The maximum absolute atomic E-state index is 10.9. The molecule has 0 fully saturated rings. The number of aromatic nitrogens is 1. The summed E-state index contributed by atoms with van der Waals surface area (Å²) in [6.45, 7) is 7.09. The van der Waals surface area contributed by atoms with Crippen molar-refractivity contribution in [3.05, 3.63) is 23.4 Å². The lowest BCUT2D eigenvalue weighted by molar-refractivity contribution is 0.0696. The first-order valence-electron chi connectivity index (χ1n) is 6.01. The molecule has 1 heterocycles. The fourth-order valence-corrected chi connectivity index (χ4v) is 1.47. The lowest BCUT2D eigenvalue weighted by Gasteiger charge is -2.09. The number of nitrogens with zero attached hydrogens (tertiary/aromatic N) is 1. The summed E-state index contributed by atoms with van der Waals surface area (Å²) in [5, 5.41) is 12.2. The Morgan fingerprint density at radius 1 is 1.47 bits per heavy atom. The van der Waals surface area contributed by atoms with Crippen molar-refractivity contribution in [1.82, 2.24) is 4.98 Å². The summed E-state index contributed by atoms with van der Waals surface area (Å²) < 4.78 is 0. The normalized spacial score (nSPS) is 10.6. The predicted octanol–water partition coefficient (Wildman–Crippen LogP) is 2.80. The highest BCUT2D eigenvalue weighted by Gasteiger charge is 2.07. The van der Waals surface area contributed by atoms with E-state index in [-0.39, 0.29) is 0 Å². The second kappa shape index (κ2) is 6.23. The van der Waals surface area contributed by atoms with Crippen molar-refractivity contribution in [2.75, 3.05) is 11.9 Å². The van der Waals surface area contributed by atoms with Gasteiger partial charge in [-0.2, -0.15) is 0 Å². The average molecular weight is 236 g/mol. The van der Waals surface area contributed by atoms with Crippen LogP contribution in [0.5, 0.6) is 0 Å². The second-order valence-electron chi connectivity index (χ2n) is 4.50. The molecule has 4 heteroatoms. The van der Waals surface area contributed by atoms with E-state index in [4.69, 9.17) is 5.11 Å². The number of carboxylic acids is 1. The average Bonchev–Trinajstić information content (AvgIpc) is 2.28. The van der Waals surface area contributed by atoms with Crippen LogP contribution in [0.4, 0.5) is 5.82 Å². The number of rotatable bonds is 6. The van der Waals surface area contributed by atoms with Crippen LogP contribution in [0.1, 0.15) is 43.2 Å². The summed E-state index contributed by atoms with van der Waals surface area (Å²) in [6.07, 6.45) is 1.78. The number of hydrogen-bond acceptors (Lipinski definition) is 3. The van der Waals surface area contributed by atoms with Gasteiger partial charge in [0.15, 0.2) is 0 Å². The minimum Gasteiger partial charge on any atom is -0.478 e. The molecular weight excluding hydrogens is 216 g/mol. The van der Waals surface area contributed by atoms with Gasteiger partial charge < -0.3 is 10.4 Å². The van der Waals surface area contributed by atoms with Gasteiger partial charge in [0.2, 0.25) is 0 Å². The third-order valence-electron chi connectivity index (χ3n) is 2.52. The molecule has 0 atom stereocenters. The summed E-state index contributed by atoms with van der Waals surface area (Å²) in [6, 6.07) is 3.21. The van der Waals surface area contributed by atoms with Gasteiger partial charge in [-0.15, -0.1) is 0 Å². The van der Waals surface area contributed by atoms with Gasteiger partial charge in [-0.05, 0) is 30.9 Å². The van der Waals surface area contributed by atoms with Crippen molar-refractivity contribution in [1.29, 1.82) is 0 Å². The van der Waals surface area contributed by atoms with E-state index in [9.17, 15) is 4.79 Å². The quantitative estimate of drug-likeness (QED) is 0.797. The first-order chi connectivity index (χ1) is 8.02. The van der Waals surface area contributed by atoms with Crippen LogP contribution in [0, 0.1) is 5.92 Å². The molecule has 4 nitrogen and oxygen atoms in total. The van der Waals surface area contributed by atoms with Crippen LogP contribution in [0.3, 0.4) is 0 Å². The van der Waals surface area contributed by atoms with Gasteiger partial charge in [0.1, 0.15) is 5.82 Å². The third-order valence-corrected chi connectivity index (χ3v) is 2.52. The van der Waals surface area contributed by atoms with E-state index in [1.807, 2.05) is 6.92 Å². The summed E-state index contributed by atoms with van der Waals surface area (Å²) in [5.74, 6) is 0.368. The second-order valence-corrected chi connectivity index (χ2v) is 4.50. The number of nitrogens with one attached hydrogen (secondary N) is 1. The fourth-order valence-electron chi connectivity index (χ4n) is 1.47. The Morgan fingerprint density at radius 3 is 2.71 bits per heavy atom. The van der Waals surface area contributed by atoms with Crippen LogP contribution in [0.15, 0.2) is 12.1 Å². The van der Waals surface area contributed by atoms with Crippen LogP contribution in [-0.2, 0) is 6.42 Å². The van der Waals surface area contributed by atoms with E-state index < -0.39 is 5.97 Å². The van der Waals surface area contributed by atoms with Crippen LogP contribution < -0.4 is 5.32 Å². The van der Waals surface area contributed by atoms with Crippen molar-refractivity contribution in [3.8, 4) is 0 Å². The molecule has 0 amide bonds. The summed E-state index contributed by atoms with van der Waals surface area (Å²) in [4.78, 5) is 15.3. The Labute approximate surface area is 102 Å². The molecule has 94 valence electrons. The summed E-state index contributed by atoms with van der Waals surface area (Å²) in [7, 11) is 0. The topological polar surface area (TPSA) is 62.2 Å². The van der Waals surface area contributed by atoms with Crippen LogP contribution in [-0.4, -0.2) is 22.6 Å². The zero-order chi connectivity index (χ0) is 12.8. The molecule has 0 aliphatic heterocycles. The molecule has 0 aromatic carbocycles. The van der Waals surface area contributed by atoms with E-state index in [0.29, 0.717) is 17.3 Å². The zero-order valence-corrected chi connectivity index (χ0v) is 10.7. The van der Waals surface area contributed by atoms with E-state index in [1.54, 1.807) is 12.1 Å². The Hall–Kier alpha value is -1.58. The van der Waals surface area contributed by atoms with E-state index >= 15 is 0 Å². The molecule has 0 aliphatic rings. The fraction of sp³-hybridized carbons (Fsp3) is 0.538. The van der Waals surface area contributed by atoms with Crippen LogP contribution >= 0.6 is 0 Å². The van der Waals surface area contributed by atoms with E-state index in [2.05, 4.69) is 24.1 Å². The molecule has 0 saturated carbocycles. The van der Waals surface area contributed by atoms with Gasteiger partial charge in [-0.3, -0.25) is 0 Å². The molecule has 0 unspecified atom stereocenters. The molecule has 1 rings (SSSR count). The number of pyridine rings is 1. The molecule has 1 aromatic rings. The highest BCUT2D eigenvalue weighted by atomic mass is 16.4. The molecule has 0 radical (unpaired) electrons. The molecule has 0 saturated heterocycles.